The Balaban J connectivity index is 1.98. The maximum atomic E-state index is 14.5. The maximum Gasteiger partial charge on any atom is 0.432 e. The van der Waals surface area contributed by atoms with Crippen molar-refractivity contribution in [1.29, 1.82) is 0 Å². The molecule has 0 atom stereocenters. The molecule has 0 bridgehead atoms. The van der Waals surface area contributed by atoms with E-state index in [1.165, 1.54) is 6.92 Å². The number of hydrogen-bond donors (Lipinski definition) is 0. The van der Waals surface area contributed by atoms with Crippen LogP contribution >= 0.6 is 0 Å². The van der Waals surface area contributed by atoms with Crippen molar-refractivity contribution in [3.05, 3.63) is 93.6 Å². The zero-order valence-electron chi connectivity index (χ0n) is 16.8. The molecule has 0 aliphatic carbocycles. The Morgan fingerprint density at radius 3 is 1.85 bits per heavy atom. The van der Waals surface area contributed by atoms with E-state index in [1.54, 1.807) is 0 Å². The van der Waals surface area contributed by atoms with Gasteiger partial charge in [-0.25, -0.2) is 26.3 Å². The van der Waals surface area contributed by atoms with Gasteiger partial charge in [-0.15, -0.1) is 0 Å². The maximum absolute atomic E-state index is 14.5. The minimum atomic E-state index is -4.52. The quantitative estimate of drug-likeness (QED) is 0.250. The van der Waals surface area contributed by atoms with Gasteiger partial charge in [0.25, 0.3) is 0 Å². The van der Waals surface area contributed by atoms with Crippen molar-refractivity contribution < 1.29 is 44.6 Å². The van der Waals surface area contributed by atoms with Crippen molar-refractivity contribution in [3.8, 4) is 23.3 Å². The molecule has 0 spiro atoms. The van der Waals surface area contributed by atoms with Crippen LogP contribution in [-0.4, -0.2) is 7.11 Å². The van der Waals surface area contributed by atoms with Gasteiger partial charge in [0.05, 0.1) is 7.11 Å². The van der Waals surface area contributed by atoms with E-state index >= 15 is 0 Å². The first kappa shape index (κ1) is 23.9. The smallest absolute Gasteiger partial charge is 0.432 e. The summed E-state index contributed by atoms with van der Waals surface area (Å²) >= 11 is 0. The van der Waals surface area contributed by atoms with Gasteiger partial charge in [-0.3, -0.25) is 0 Å². The molecule has 0 saturated carbocycles. The number of hydrogen-bond acceptors (Lipinski definition) is 2. The Labute approximate surface area is 182 Å². The first-order chi connectivity index (χ1) is 15.4. The molecule has 2 nitrogen and oxygen atoms in total. The molecule has 0 unspecified atom stereocenters. The summed E-state index contributed by atoms with van der Waals surface area (Å²) in [5.41, 5.74) is -2.46. The second-order valence-electron chi connectivity index (χ2n) is 6.71. The highest BCUT2D eigenvalue weighted by Crippen LogP contribution is 2.37. The van der Waals surface area contributed by atoms with Gasteiger partial charge >= 0.3 is 6.11 Å². The molecule has 172 valence electrons. The van der Waals surface area contributed by atoms with Crippen LogP contribution in [0, 0.1) is 53.7 Å². The van der Waals surface area contributed by atoms with E-state index in [4.69, 9.17) is 4.74 Å². The van der Waals surface area contributed by atoms with Crippen LogP contribution in [0.4, 0.5) is 35.1 Å². The Kier molecular flexibility index (Phi) is 6.53. The summed E-state index contributed by atoms with van der Waals surface area (Å²) in [5.74, 6) is -6.02. The van der Waals surface area contributed by atoms with Gasteiger partial charge in [0.15, 0.2) is 17.5 Å². The van der Waals surface area contributed by atoms with Gasteiger partial charge in [0, 0.05) is 17.7 Å². The number of aryl methyl sites for hydroxylation is 1. The third kappa shape index (κ3) is 5.03. The van der Waals surface area contributed by atoms with E-state index in [-0.39, 0.29) is 11.1 Å². The lowest BCUT2D eigenvalue weighted by molar-refractivity contribution is -0.189. The second kappa shape index (κ2) is 9.02. The molecular weight excluding hydrogens is 460 g/mol. The second-order valence-corrected chi connectivity index (χ2v) is 6.71. The predicted molar refractivity (Wildman–Crippen MR) is 101 cm³/mol. The summed E-state index contributed by atoms with van der Waals surface area (Å²) in [6.45, 7) is 1.30. The van der Waals surface area contributed by atoms with Crippen LogP contribution in [0.5, 0.6) is 11.5 Å². The molecule has 0 radical (unpaired) electrons. The van der Waals surface area contributed by atoms with Crippen LogP contribution in [0.3, 0.4) is 0 Å². The van der Waals surface area contributed by atoms with Crippen LogP contribution in [0.1, 0.15) is 22.3 Å². The SMILES string of the molecule is COc1cc(OC(F)(F)c2c(F)cc(C)cc2F)cc(F)c1C#Cc1cc(F)c(F)c(F)c1. The van der Waals surface area contributed by atoms with Crippen molar-refractivity contribution in [2.24, 2.45) is 0 Å². The number of ether oxygens (including phenoxy) is 2. The standard InChI is InChI=1S/C23H12F8O2/c1-11-5-16(25)21(17(26)6-11)23(30,31)33-13-9-15(24)14(20(10-13)32-2)4-3-12-7-18(27)22(29)19(28)8-12/h5-10H,1-2H3. The number of alkyl halides is 2. The lowest BCUT2D eigenvalue weighted by atomic mass is 10.1. The Hall–Kier alpha value is -3.74. The molecule has 3 aromatic rings. The highest BCUT2D eigenvalue weighted by molar-refractivity contribution is 5.53. The van der Waals surface area contributed by atoms with Crippen LogP contribution in [-0.2, 0) is 6.11 Å². The highest BCUT2D eigenvalue weighted by Gasteiger charge is 2.41. The van der Waals surface area contributed by atoms with Crippen molar-refractivity contribution in [2.75, 3.05) is 7.11 Å². The zero-order valence-corrected chi connectivity index (χ0v) is 16.8. The average Bonchev–Trinajstić information content (AvgIpc) is 2.69. The number of rotatable bonds is 4. The van der Waals surface area contributed by atoms with E-state index in [0.29, 0.717) is 30.3 Å². The van der Waals surface area contributed by atoms with E-state index < -0.39 is 63.6 Å². The molecule has 3 rings (SSSR count). The third-order valence-corrected chi connectivity index (χ3v) is 4.29. The largest absolute Gasteiger partial charge is 0.495 e. The fourth-order valence-electron chi connectivity index (χ4n) is 2.84. The highest BCUT2D eigenvalue weighted by atomic mass is 19.3. The molecule has 0 aromatic heterocycles. The third-order valence-electron chi connectivity index (χ3n) is 4.29. The van der Waals surface area contributed by atoms with Crippen LogP contribution in [0.25, 0.3) is 0 Å². The number of halogens is 8. The summed E-state index contributed by atoms with van der Waals surface area (Å²) in [6, 6.07) is 3.72. The fourth-order valence-corrected chi connectivity index (χ4v) is 2.84. The molecule has 0 aliphatic heterocycles. The van der Waals surface area contributed by atoms with Gasteiger partial charge in [-0.1, -0.05) is 11.8 Å². The van der Waals surface area contributed by atoms with Gasteiger partial charge in [0.2, 0.25) is 0 Å². The molecule has 0 N–H and O–H groups in total. The Morgan fingerprint density at radius 2 is 1.30 bits per heavy atom. The lowest BCUT2D eigenvalue weighted by Gasteiger charge is -2.20. The average molecular weight is 472 g/mol. The van der Waals surface area contributed by atoms with Crippen LogP contribution in [0.2, 0.25) is 0 Å². The minimum Gasteiger partial charge on any atom is -0.495 e. The summed E-state index contributed by atoms with van der Waals surface area (Å²) in [6.07, 6.45) is -4.52. The zero-order chi connectivity index (χ0) is 24.5. The molecule has 0 saturated heterocycles. The summed E-state index contributed by atoms with van der Waals surface area (Å²) in [7, 11) is 1.04. The summed E-state index contributed by atoms with van der Waals surface area (Å²) in [4.78, 5) is 0. The normalized spacial score (nSPS) is 11.1. The molecule has 0 heterocycles. The first-order valence-electron chi connectivity index (χ1n) is 9.00. The lowest BCUT2D eigenvalue weighted by Crippen LogP contribution is -2.25. The van der Waals surface area contributed by atoms with Crippen molar-refractivity contribution in [1.82, 2.24) is 0 Å². The van der Waals surface area contributed by atoms with E-state index in [2.05, 4.69) is 16.6 Å². The van der Waals surface area contributed by atoms with Gasteiger partial charge in [0.1, 0.15) is 40.1 Å². The van der Waals surface area contributed by atoms with Crippen molar-refractivity contribution in [3.63, 3.8) is 0 Å². The van der Waals surface area contributed by atoms with Gasteiger partial charge in [-0.05, 0) is 36.8 Å². The topological polar surface area (TPSA) is 18.5 Å². The van der Waals surface area contributed by atoms with Crippen LogP contribution < -0.4 is 9.47 Å². The van der Waals surface area contributed by atoms with Crippen molar-refractivity contribution >= 4 is 0 Å². The molecular formula is C23H12F8O2. The Morgan fingerprint density at radius 1 is 0.727 bits per heavy atom. The summed E-state index contributed by atoms with van der Waals surface area (Å²) < 4.78 is 120. The van der Waals surface area contributed by atoms with Gasteiger partial charge in [-0.2, -0.15) is 8.78 Å². The molecule has 3 aromatic carbocycles. The van der Waals surface area contributed by atoms with Gasteiger partial charge < -0.3 is 9.47 Å². The molecule has 10 heteroatoms. The summed E-state index contributed by atoms with van der Waals surface area (Å²) in [5, 5.41) is 0. The molecule has 33 heavy (non-hydrogen) atoms. The monoisotopic (exact) mass is 472 g/mol. The van der Waals surface area contributed by atoms with E-state index in [1.807, 2.05) is 0 Å². The number of methoxy groups -OCH3 is 1. The minimum absolute atomic E-state index is 0.0566. The molecule has 0 fully saturated rings. The van der Waals surface area contributed by atoms with E-state index in [0.717, 1.165) is 13.2 Å². The Bertz CT molecular complexity index is 1250. The van der Waals surface area contributed by atoms with E-state index in [9.17, 15) is 35.1 Å². The molecule has 0 amide bonds. The molecule has 0 aliphatic rings. The van der Waals surface area contributed by atoms with Crippen molar-refractivity contribution in [2.45, 2.75) is 13.0 Å². The predicted octanol–water partition coefficient (Wildman–Crippen LogP) is 6.37. The fraction of sp³-hybridized carbons (Fsp3) is 0.130. The number of benzene rings is 3. The van der Waals surface area contributed by atoms with Crippen LogP contribution in [0.15, 0.2) is 36.4 Å². The first-order valence-corrected chi connectivity index (χ1v) is 9.00.